The average molecular weight is 268 g/mol. The molecule has 1 aromatic rings. The standard InChI is InChI=1S/C16H25FO2/c1-3-4-5-6-7-8-11-19-16-12-14(17)9-10-15(16)13(2)18/h9-10,12-13,18H,3-8,11H2,1-2H3/t13-/m1/s1. The van der Waals surface area contributed by atoms with Gasteiger partial charge in [0.2, 0.25) is 0 Å². The summed E-state index contributed by atoms with van der Waals surface area (Å²) in [6, 6.07) is 4.27. The molecule has 0 aliphatic rings. The molecule has 0 bridgehead atoms. The fourth-order valence-corrected chi connectivity index (χ4v) is 2.04. The molecule has 0 saturated heterocycles. The first kappa shape index (κ1) is 16.0. The van der Waals surface area contributed by atoms with Crippen molar-refractivity contribution in [1.29, 1.82) is 0 Å². The van der Waals surface area contributed by atoms with E-state index >= 15 is 0 Å². The van der Waals surface area contributed by atoms with E-state index in [0.29, 0.717) is 17.9 Å². The molecule has 108 valence electrons. The first-order valence-corrected chi connectivity index (χ1v) is 7.25. The van der Waals surface area contributed by atoms with Crippen LogP contribution in [0.3, 0.4) is 0 Å². The summed E-state index contributed by atoms with van der Waals surface area (Å²) in [6.07, 6.45) is 6.51. The van der Waals surface area contributed by atoms with Gasteiger partial charge in [-0.05, 0) is 25.5 Å². The Labute approximate surface area is 115 Å². The number of aliphatic hydroxyl groups excluding tert-OH is 1. The normalized spacial score (nSPS) is 12.4. The molecule has 1 N–H and O–H groups in total. The van der Waals surface area contributed by atoms with Gasteiger partial charge in [0, 0.05) is 11.6 Å². The van der Waals surface area contributed by atoms with Crippen LogP contribution in [0.15, 0.2) is 18.2 Å². The maximum absolute atomic E-state index is 13.2. The van der Waals surface area contributed by atoms with E-state index in [-0.39, 0.29) is 5.82 Å². The Bertz CT molecular complexity index is 364. The van der Waals surface area contributed by atoms with Gasteiger partial charge < -0.3 is 9.84 Å². The van der Waals surface area contributed by atoms with Crippen molar-refractivity contribution in [3.8, 4) is 5.75 Å². The van der Waals surface area contributed by atoms with Crippen LogP contribution in [-0.4, -0.2) is 11.7 Å². The lowest BCUT2D eigenvalue weighted by Gasteiger charge is -2.13. The maximum Gasteiger partial charge on any atom is 0.127 e. The number of unbranched alkanes of at least 4 members (excludes halogenated alkanes) is 5. The van der Waals surface area contributed by atoms with Gasteiger partial charge in [-0.25, -0.2) is 4.39 Å². The largest absolute Gasteiger partial charge is 0.493 e. The zero-order valence-electron chi connectivity index (χ0n) is 12.0. The van der Waals surface area contributed by atoms with E-state index < -0.39 is 6.10 Å². The summed E-state index contributed by atoms with van der Waals surface area (Å²) in [5.74, 6) is 0.130. The molecule has 0 radical (unpaired) electrons. The molecule has 0 saturated carbocycles. The minimum Gasteiger partial charge on any atom is -0.493 e. The van der Waals surface area contributed by atoms with Crippen LogP contribution in [0.25, 0.3) is 0 Å². The monoisotopic (exact) mass is 268 g/mol. The van der Waals surface area contributed by atoms with Crippen molar-refractivity contribution in [3.63, 3.8) is 0 Å². The van der Waals surface area contributed by atoms with Crippen molar-refractivity contribution in [1.82, 2.24) is 0 Å². The van der Waals surface area contributed by atoms with Gasteiger partial charge in [0.1, 0.15) is 11.6 Å². The van der Waals surface area contributed by atoms with Crippen molar-refractivity contribution < 1.29 is 14.2 Å². The van der Waals surface area contributed by atoms with Crippen molar-refractivity contribution in [2.45, 2.75) is 58.5 Å². The molecule has 2 nitrogen and oxygen atoms in total. The molecule has 0 unspecified atom stereocenters. The number of hydrogen-bond acceptors (Lipinski definition) is 2. The van der Waals surface area contributed by atoms with Crippen LogP contribution < -0.4 is 4.74 Å². The van der Waals surface area contributed by atoms with Gasteiger partial charge in [-0.2, -0.15) is 0 Å². The van der Waals surface area contributed by atoms with E-state index in [1.165, 1.54) is 37.8 Å². The number of benzene rings is 1. The Hall–Kier alpha value is -1.09. The third-order valence-corrected chi connectivity index (χ3v) is 3.18. The second-order valence-electron chi connectivity index (χ2n) is 4.97. The van der Waals surface area contributed by atoms with Gasteiger partial charge in [0.15, 0.2) is 0 Å². The highest BCUT2D eigenvalue weighted by atomic mass is 19.1. The maximum atomic E-state index is 13.2. The van der Waals surface area contributed by atoms with E-state index in [9.17, 15) is 9.50 Å². The predicted molar refractivity (Wildman–Crippen MR) is 75.9 cm³/mol. The first-order chi connectivity index (χ1) is 9.15. The van der Waals surface area contributed by atoms with E-state index in [4.69, 9.17) is 4.74 Å². The summed E-state index contributed by atoms with van der Waals surface area (Å²) < 4.78 is 18.7. The number of hydrogen-bond donors (Lipinski definition) is 1. The molecule has 0 heterocycles. The summed E-state index contributed by atoms with van der Waals surface area (Å²) in [7, 11) is 0. The molecule has 0 aliphatic carbocycles. The third kappa shape index (κ3) is 6.06. The van der Waals surface area contributed by atoms with Crippen LogP contribution in [-0.2, 0) is 0 Å². The summed E-state index contributed by atoms with van der Waals surface area (Å²) in [5.41, 5.74) is 0.646. The van der Waals surface area contributed by atoms with E-state index in [1.807, 2.05) is 0 Å². The molecule has 0 aliphatic heterocycles. The Morgan fingerprint density at radius 2 is 1.84 bits per heavy atom. The quantitative estimate of drug-likeness (QED) is 0.662. The van der Waals surface area contributed by atoms with Crippen molar-refractivity contribution >= 4 is 0 Å². The Balaban J connectivity index is 2.34. The molecular formula is C16H25FO2. The van der Waals surface area contributed by atoms with Crippen LogP contribution in [0, 0.1) is 5.82 Å². The van der Waals surface area contributed by atoms with Gasteiger partial charge in [0.05, 0.1) is 12.7 Å². The summed E-state index contributed by atoms with van der Waals surface area (Å²) in [4.78, 5) is 0. The lowest BCUT2D eigenvalue weighted by molar-refractivity contribution is 0.190. The molecule has 1 aromatic carbocycles. The Morgan fingerprint density at radius 3 is 2.53 bits per heavy atom. The second-order valence-corrected chi connectivity index (χ2v) is 4.97. The van der Waals surface area contributed by atoms with Crippen LogP contribution in [0.1, 0.15) is 64.0 Å². The van der Waals surface area contributed by atoms with E-state index in [1.54, 1.807) is 13.0 Å². The lowest BCUT2D eigenvalue weighted by Crippen LogP contribution is -2.03. The minimum absolute atomic E-state index is 0.331. The molecule has 1 atom stereocenters. The van der Waals surface area contributed by atoms with E-state index in [0.717, 1.165) is 12.8 Å². The van der Waals surface area contributed by atoms with Gasteiger partial charge >= 0.3 is 0 Å². The summed E-state index contributed by atoms with van der Waals surface area (Å²) >= 11 is 0. The highest BCUT2D eigenvalue weighted by molar-refractivity contribution is 5.35. The molecule has 1 rings (SSSR count). The average Bonchev–Trinajstić information content (AvgIpc) is 2.37. The van der Waals surface area contributed by atoms with Crippen molar-refractivity contribution in [3.05, 3.63) is 29.6 Å². The van der Waals surface area contributed by atoms with E-state index in [2.05, 4.69) is 6.92 Å². The van der Waals surface area contributed by atoms with Crippen LogP contribution in [0.5, 0.6) is 5.75 Å². The fourth-order valence-electron chi connectivity index (χ4n) is 2.04. The Kier molecular flexibility index (Phi) is 7.49. The Morgan fingerprint density at radius 1 is 1.16 bits per heavy atom. The summed E-state index contributed by atoms with van der Waals surface area (Å²) in [5, 5.41) is 9.59. The van der Waals surface area contributed by atoms with Gasteiger partial charge in [0.25, 0.3) is 0 Å². The van der Waals surface area contributed by atoms with Gasteiger partial charge in [-0.15, -0.1) is 0 Å². The van der Waals surface area contributed by atoms with Gasteiger partial charge in [-0.3, -0.25) is 0 Å². The van der Waals surface area contributed by atoms with Gasteiger partial charge in [-0.1, -0.05) is 39.0 Å². The third-order valence-electron chi connectivity index (χ3n) is 3.18. The molecule has 0 aromatic heterocycles. The molecule has 0 amide bonds. The number of rotatable bonds is 9. The minimum atomic E-state index is -0.639. The SMILES string of the molecule is CCCCCCCCOc1cc(F)ccc1[C@@H](C)O. The zero-order valence-corrected chi connectivity index (χ0v) is 12.0. The first-order valence-electron chi connectivity index (χ1n) is 7.25. The molecule has 0 fully saturated rings. The summed E-state index contributed by atoms with van der Waals surface area (Å²) in [6.45, 7) is 4.44. The van der Waals surface area contributed by atoms with Crippen LogP contribution in [0.4, 0.5) is 4.39 Å². The topological polar surface area (TPSA) is 29.5 Å². The molecule has 3 heteroatoms. The molecule has 0 spiro atoms. The lowest BCUT2D eigenvalue weighted by atomic mass is 10.1. The van der Waals surface area contributed by atoms with Crippen LogP contribution in [0.2, 0.25) is 0 Å². The number of halogens is 1. The molecule has 19 heavy (non-hydrogen) atoms. The van der Waals surface area contributed by atoms with Crippen molar-refractivity contribution in [2.75, 3.05) is 6.61 Å². The highest BCUT2D eigenvalue weighted by Crippen LogP contribution is 2.26. The second kappa shape index (κ2) is 8.92. The zero-order chi connectivity index (χ0) is 14.1. The molecular weight excluding hydrogens is 243 g/mol. The fraction of sp³-hybridized carbons (Fsp3) is 0.625. The highest BCUT2D eigenvalue weighted by Gasteiger charge is 2.10. The van der Waals surface area contributed by atoms with Crippen molar-refractivity contribution in [2.24, 2.45) is 0 Å². The smallest absolute Gasteiger partial charge is 0.127 e. The van der Waals surface area contributed by atoms with Crippen LogP contribution >= 0.6 is 0 Å². The number of aliphatic hydroxyl groups is 1. The number of ether oxygens (including phenoxy) is 1. The predicted octanol–water partition coefficient (Wildman–Crippen LogP) is 4.62.